The summed E-state index contributed by atoms with van der Waals surface area (Å²) in [5.74, 6) is -0.250. The Hall–Kier alpha value is -2.26. The number of aliphatic hydroxyl groups excluding tert-OH is 1. The Morgan fingerprint density at radius 3 is 2.76 bits per heavy atom. The van der Waals surface area contributed by atoms with E-state index in [1.165, 1.54) is 6.07 Å². The number of rotatable bonds is 3. The normalized spacial score (nSPS) is 12.5. The van der Waals surface area contributed by atoms with Crippen molar-refractivity contribution in [1.29, 1.82) is 0 Å². The molecule has 1 unspecified atom stereocenters. The average Bonchev–Trinajstić information content (AvgIpc) is 2.50. The lowest BCUT2D eigenvalue weighted by atomic mass is 9.98. The summed E-state index contributed by atoms with van der Waals surface area (Å²) in [5, 5.41) is 11.4. The number of hydrogen-bond acceptors (Lipinski definition) is 2. The van der Waals surface area contributed by atoms with E-state index >= 15 is 0 Å². The maximum absolute atomic E-state index is 13.3. The molecule has 21 heavy (non-hydrogen) atoms. The van der Waals surface area contributed by atoms with Gasteiger partial charge in [0.1, 0.15) is 5.82 Å². The first-order valence-corrected chi connectivity index (χ1v) is 6.92. The molecule has 0 aliphatic rings. The van der Waals surface area contributed by atoms with E-state index in [0.717, 1.165) is 22.0 Å². The third-order valence-electron chi connectivity index (χ3n) is 3.72. The number of nitrogens with zero attached hydrogens (tertiary/aromatic N) is 1. The van der Waals surface area contributed by atoms with Gasteiger partial charge in [0, 0.05) is 18.0 Å². The molecular weight excluding hydrogens is 265 g/mol. The molecule has 0 radical (unpaired) electrons. The predicted octanol–water partition coefficient (Wildman–Crippen LogP) is 3.96. The summed E-state index contributed by atoms with van der Waals surface area (Å²) in [5.41, 5.74) is 3.23. The van der Waals surface area contributed by atoms with Gasteiger partial charge in [0.15, 0.2) is 0 Å². The van der Waals surface area contributed by atoms with Crippen LogP contribution in [-0.2, 0) is 6.42 Å². The molecule has 1 heterocycles. The minimum Gasteiger partial charge on any atom is -0.388 e. The van der Waals surface area contributed by atoms with E-state index in [9.17, 15) is 9.50 Å². The van der Waals surface area contributed by atoms with Crippen LogP contribution in [0, 0.1) is 12.7 Å². The number of pyridine rings is 1. The number of aromatic nitrogens is 1. The molecule has 0 spiro atoms. The molecule has 0 saturated heterocycles. The smallest absolute Gasteiger partial charge is 0.126 e. The second kappa shape index (κ2) is 5.62. The van der Waals surface area contributed by atoms with Gasteiger partial charge in [-0.2, -0.15) is 0 Å². The summed E-state index contributed by atoms with van der Waals surface area (Å²) >= 11 is 0. The molecule has 0 amide bonds. The topological polar surface area (TPSA) is 33.1 Å². The number of aliphatic hydroxyl groups is 1. The van der Waals surface area contributed by atoms with Gasteiger partial charge in [-0.3, -0.25) is 4.98 Å². The summed E-state index contributed by atoms with van der Waals surface area (Å²) in [6.07, 6.45) is 1.57. The second-order valence-electron chi connectivity index (χ2n) is 5.22. The Labute approximate surface area is 122 Å². The Morgan fingerprint density at radius 1 is 1.14 bits per heavy atom. The number of para-hydroxylation sites is 1. The van der Waals surface area contributed by atoms with Crippen LogP contribution >= 0.6 is 0 Å². The van der Waals surface area contributed by atoms with E-state index < -0.39 is 6.10 Å². The monoisotopic (exact) mass is 281 g/mol. The lowest BCUT2D eigenvalue weighted by Gasteiger charge is -2.13. The third-order valence-corrected chi connectivity index (χ3v) is 3.72. The molecule has 1 atom stereocenters. The summed E-state index contributed by atoms with van der Waals surface area (Å²) in [7, 11) is 0. The molecule has 1 N–H and O–H groups in total. The van der Waals surface area contributed by atoms with Gasteiger partial charge in [-0.05, 0) is 41.8 Å². The van der Waals surface area contributed by atoms with Crippen LogP contribution in [0.15, 0.2) is 54.7 Å². The van der Waals surface area contributed by atoms with Crippen molar-refractivity contribution in [2.24, 2.45) is 0 Å². The Balaban J connectivity index is 1.92. The van der Waals surface area contributed by atoms with Crippen molar-refractivity contribution >= 4 is 10.9 Å². The first-order valence-electron chi connectivity index (χ1n) is 6.92. The predicted molar refractivity (Wildman–Crippen MR) is 81.5 cm³/mol. The van der Waals surface area contributed by atoms with Crippen LogP contribution in [0.2, 0.25) is 0 Å². The summed E-state index contributed by atoms with van der Waals surface area (Å²) in [6.45, 7) is 1.70. The third kappa shape index (κ3) is 2.78. The number of aryl methyl sites for hydroxylation is 1. The maximum Gasteiger partial charge on any atom is 0.126 e. The van der Waals surface area contributed by atoms with Crippen LogP contribution in [0.25, 0.3) is 10.9 Å². The standard InChI is InChI=1S/C18H16FNO/c1-12-10-14(6-7-16(12)19)18(21)11-13-8-9-20-17-5-3-2-4-15(13)17/h2-10,18,21H,11H2,1H3. The molecule has 0 aliphatic heterocycles. The van der Waals surface area contributed by atoms with E-state index in [2.05, 4.69) is 4.98 Å². The van der Waals surface area contributed by atoms with Crippen LogP contribution in [0.1, 0.15) is 22.8 Å². The van der Waals surface area contributed by atoms with Crippen LogP contribution in [0.3, 0.4) is 0 Å². The second-order valence-corrected chi connectivity index (χ2v) is 5.22. The highest BCUT2D eigenvalue weighted by Crippen LogP contribution is 2.24. The van der Waals surface area contributed by atoms with Gasteiger partial charge in [0.05, 0.1) is 11.6 Å². The lowest BCUT2D eigenvalue weighted by molar-refractivity contribution is 0.178. The van der Waals surface area contributed by atoms with Crippen molar-refractivity contribution in [3.8, 4) is 0 Å². The van der Waals surface area contributed by atoms with Gasteiger partial charge in [-0.1, -0.05) is 30.3 Å². The molecule has 106 valence electrons. The molecule has 0 saturated carbocycles. The average molecular weight is 281 g/mol. The van der Waals surface area contributed by atoms with Crippen LogP contribution in [0.4, 0.5) is 4.39 Å². The van der Waals surface area contributed by atoms with Gasteiger partial charge >= 0.3 is 0 Å². The summed E-state index contributed by atoms with van der Waals surface area (Å²) in [4.78, 5) is 4.32. The Bertz CT molecular complexity index is 780. The van der Waals surface area contributed by atoms with Crippen LogP contribution < -0.4 is 0 Å². The van der Waals surface area contributed by atoms with Crippen molar-refractivity contribution in [3.63, 3.8) is 0 Å². The van der Waals surface area contributed by atoms with Gasteiger partial charge in [0.2, 0.25) is 0 Å². The fourth-order valence-corrected chi connectivity index (χ4v) is 2.53. The van der Waals surface area contributed by atoms with Crippen molar-refractivity contribution in [3.05, 3.63) is 77.2 Å². The van der Waals surface area contributed by atoms with Crippen molar-refractivity contribution in [1.82, 2.24) is 4.98 Å². The zero-order chi connectivity index (χ0) is 14.8. The SMILES string of the molecule is Cc1cc(C(O)Cc2ccnc3ccccc23)ccc1F. The zero-order valence-corrected chi connectivity index (χ0v) is 11.8. The molecule has 1 aromatic heterocycles. The number of hydrogen-bond donors (Lipinski definition) is 1. The highest BCUT2D eigenvalue weighted by Gasteiger charge is 2.12. The van der Waals surface area contributed by atoms with E-state index in [-0.39, 0.29) is 5.82 Å². The fourth-order valence-electron chi connectivity index (χ4n) is 2.53. The summed E-state index contributed by atoms with van der Waals surface area (Å²) < 4.78 is 13.3. The van der Waals surface area contributed by atoms with Gasteiger partial charge in [-0.15, -0.1) is 0 Å². The molecule has 3 rings (SSSR count). The fraction of sp³-hybridized carbons (Fsp3) is 0.167. The molecular formula is C18H16FNO. The van der Waals surface area contributed by atoms with Crippen molar-refractivity contribution in [2.75, 3.05) is 0 Å². The lowest BCUT2D eigenvalue weighted by Crippen LogP contribution is -2.03. The maximum atomic E-state index is 13.3. The van der Waals surface area contributed by atoms with Crippen LogP contribution in [0.5, 0.6) is 0 Å². The van der Waals surface area contributed by atoms with Crippen molar-refractivity contribution < 1.29 is 9.50 Å². The zero-order valence-electron chi connectivity index (χ0n) is 11.8. The van der Waals surface area contributed by atoms with Crippen molar-refractivity contribution in [2.45, 2.75) is 19.4 Å². The number of benzene rings is 2. The van der Waals surface area contributed by atoms with E-state index in [4.69, 9.17) is 0 Å². The minimum atomic E-state index is -0.657. The van der Waals surface area contributed by atoms with E-state index in [0.29, 0.717) is 12.0 Å². The Kier molecular flexibility index (Phi) is 3.67. The van der Waals surface area contributed by atoms with Gasteiger partial charge in [-0.25, -0.2) is 4.39 Å². The largest absolute Gasteiger partial charge is 0.388 e. The highest BCUT2D eigenvalue weighted by molar-refractivity contribution is 5.81. The molecule has 2 aromatic carbocycles. The van der Waals surface area contributed by atoms with Gasteiger partial charge in [0.25, 0.3) is 0 Å². The molecule has 0 bridgehead atoms. The first kappa shape index (κ1) is 13.7. The quantitative estimate of drug-likeness (QED) is 0.788. The molecule has 0 aliphatic carbocycles. The molecule has 2 nitrogen and oxygen atoms in total. The first-order chi connectivity index (χ1) is 10.1. The van der Waals surface area contributed by atoms with Gasteiger partial charge < -0.3 is 5.11 Å². The van der Waals surface area contributed by atoms with Crippen LogP contribution in [-0.4, -0.2) is 10.1 Å². The van der Waals surface area contributed by atoms with E-state index in [1.54, 1.807) is 25.3 Å². The Morgan fingerprint density at radius 2 is 1.95 bits per heavy atom. The number of halogens is 1. The minimum absolute atomic E-state index is 0.250. The molecule has 0 fully saturated rings. The summed E-state index contributed by atoms with van der Waals surface area (Å²) in [6, 6.07) is 14.5. The molecule has 3 aromatic rings. The number of fused-ring (bicyclic) bond motifs is 1. The van der Waals surface area contributed by atoms with E-state index in [1.807, 2.05) is 30.3 Å². The molecule has 3 heteroatoms. The highest BCUT2D eigenvalue weighted by atomic mass is 19.1.